The first-order valence-corrected chi connectivity index (χ1v) is 13.7. The number of rotatable bonds is 3. The van der Waals surface area contributed by atoms with E-state index >= 15 is 0 Å². The summed E-state index contributed by atoms with van der Waals surface area (Å²) in [7, 11) is 0. The van der Waals surface area contributed by atoms with E-state index < -0.39 is 11.6 Å². The number of aryl methyl sites for hydroxylation is 1. The Morgan fingerprint density at radius 3 is 2.58 bits per heavy atom. The topological polar surface area (TPSA) is 93.8 Å². The van der Waals surface area contributed by atoms with Crippen LogP contribution in [-0.2, 0) is 33.7 Å². The Kier molecular flexibility index (Phi) is 6.04. The summed E-state index contributed by atoms with van der Waals surface area (Å²) in [5.41, 5.74) is 6.40. The number of carbonyl (C=O) groups excluding carboxylic acids is 1. The number of pyridine rings is 2. The van der Waals surface area contributed by atoms with Gasteiger partial charge in [-0.3, -0.25) is 14.6 Å². The molecule has 0 unspecified atom stereocenters. The smallest absolute Gasteiger partial charge is 0.309 e. The van der Waals surface area contributed by atoms with Crippen LogP contribution in [0.5, 0.6) is 0 Å². The number of carbonyl (C=O) groups is 1. The number of benzene rings is 2. The monoisotopic (exact) mass is 535 g/mol. The molecule has 2 aliphatic heterocycles. The summed E-state index contributed by atoms with van der Waals surface area (Å²) in [6.07, 6.45) is 1.98. The molecule has 0 saturated carbocycles. The molecule has 2 aromatic heterocycles. The molecule has 0 radical (unpaired) electrons. The van der Waals surface area contributed by atoms with Gasteiger partial charge in [0, 0.05) is 17.2 Å². The van der Waals surface area contributed by atoms with Gasteiger partial charge in [-0.2, -0.15) is 0 Å². The zero-order chi connectivity index (χ0) is 28.4. The minimum atomic E-state index is -1.46. The normalized spacial score (nSPS) is 18.4. The summed E-state index contributed by atoms with van der Waals surface area (Å²) in [6, 6.07) is 16.2. The van der Waals surface area contributed by atoms with Crippen molar-refractivity contribution in [2.45, 2.75) is 71.6 Å². The number of ether oxygens (including phenoxy) is 1. The fourth-order valence-electron chi connectivity index (χ4n) is 5.86. The van der Waals surface area contributed by atoms with Gasteiger partial charge in [0.05, 0.1) is 41.1 Å². The molecular formula is C33H33N3O4. The highest BCUT2D eigenvalue weighted by Gasteiger charge is 2.39. The third-order valence-corrected chi connectivity index (χ3v) is 8.36. The van der Waals surface area contributed by atoms with Crippen LogP contribution in [-0.4, -0.2) is 26.8 Å². The third-order valence-electron chi connectivity index (χ3n) is 8.36. The van der Waals surface area contributed by atoms with E-state index in [0.29, 0.717) is 23.4 Å². The molecule has 0 aliphatic carbocycles. The summed E-state index contributed by atoms with van der Waals surface area (Å²) >= 11 is 0. The number of hydrogen-bond donors (Lipinski definition) is 1. The number of aliphatic hydroxyl groups is 1. The molecule has 4 heterocycles. The van der Waals surface area contributed by atoms with Gasteiger partial charge in [0.2, 0.25) is 0 Å². The first kappa shape index (κ1) is 26.1. The summed E-state index contributed by atoms with van der Waals surface area (Å²) in [4.78, 5) is 35.7. The van der Waals surface area contributed by atoms with Gasteiger partial charge in [0.25, 0.3) is 5.56 Å². The standard InChI is InChI=1S/C33H33N3O4/c1-6-33(39)15-28(37)40-18-23-24(33)14-27-30-22(17-36(27)31(23)38)19(2)29-25(8-7-9-26(29)35-30)34-16-20-10-12-21(13-11-20)32(3,4)5/h7-14,16,39H,6,15,17-18H2,1-5H3/t33-/m0/s1. The van der Waals surface area contributed by atoms with Crippen LogP contribution in [0.3, 0.4) is 0 Å². The lowest BCUT2D eigenvalue weighted by Gasteiger charge is -2.26. The van der Waals surface area contributed by atoms with Gasteiger partial charge in [-0.25, -0.2) is 4.98 Å². The molecule has 2 aromatic carbocycles. The van der Waals surface area contributed by atoms with Gasteiger partial charge in [0.1, 0.15) is 12.2 Å². The molecule has 6 rings (SSSR count). The van der Waals surface area contributed by atoms with E-state index in [1.54, 1.807) is 11.5 Å². The van der Waals surface area contributed by atoms with Crippen molar-refractivity contribution >= 4 is 28.8 Å². The van der Waals surface area contributed by atoms with Crippen LogP contribution in [0.25, 0.3) is 22.3 Å². The molecule has 0 fully saturated rings. The van der Waals surface area contributed by atoms with E-state index in [2.05, 4.69) is 45.0 Å². The Morgan fingerprint density at radius 1 is 1.12 bits per heavy atom. The molecule has 0 saturated heterocycles. The van der Waals surface area contributed by atoms with Gasteiger partial charge in [-0.1, -0.05) is 58.0 Å². The molecule has 40 heavy (non-hydrogen) atoms. The Balaban J connectivity index is 1.45. The molecule has 204 valence electrons. The lowest BCUT2D eigenvalue weighted by molar-refractivity contribution is -0.149. The summed E-state index contributed by atoms with van der Waals surface area (Å²) in [5, 5.41) is 12.3. The van der Waals surface area contributed by atoms with Crippen molar-refractivity contribution in [3.05, 3.63) is 92.3 Å². The number of hydrogen-bond acceptors (Lipinski definition) is 6. The molecular weight excluding hydrogens is 502 g/mol. The van der Waals surface area contributed by atoms with Crippen LogP contribution in [0.2, 0.25) is 0 Å². The highest BCUT2D eigenvalue weighted by molar-refractivity contribution is 5.98. The second-order valence-corrected chi connectivity index (χ2v) is 11.9. The fraction of sp³-hybridized carbons (Fsp3) is 0.333. The number of cyclic esters (lactones) is 1. The molecule has 1 N–H and O–H groups in total. The summed E-state index contributed by atoms with van der Waals surface area (Å²) in [5.74, 6) is -0.510. The Morgan fingerprint density at radius 2 is 1.88 bits per heavy atom. The van der Waals surface area contributed by atoms with Crippen molar-refractivity contribution in [3.8, 4) is 11.4 Å². The predicted molar refractivity (Wildman–Crippen MR) is 156 cm³/mol. The Labute approximate surface area is 233 Å². The quantitative estimate of drug-likeness (QED) is 0.232. The number of aliphatic imine (C=N–C) groups is 1. The van der Waals surface area contributed by atoms with Crippen LogP contribution in [0.1, 0.15) is 73.9 Å². The van der Waals surface area contributed by atoms with Crippen molar-refractivity contribution in [2.75, 3.05) is 0 Å². The number of aromatic nitrogens is 2. The fourth-order valence-corrected chi connectivity index (χ4v) is 5.86. The minimum Gasteiger partial charge on any atom is -0.460 e. The van der Waals surface area contributed by atoms with Crippen LogP contribution < -0.4 is 5.56 Å². The summed E-state index contributed by atoms with van der Waals surface area (Å²) in [6.45, 7) is 10.7. The zero-order valence-electron chi connectivity index (χ0n) is 23.5. The predicted octanol–water partition coefficient (Wildman–Crippen LogP) is 5.83. The van der Waals surface area contributed by atoms with E-state index in [1.165, 1.54) is 5.56 Å². The van der Waals surface area contributed by atoms with E-state index in [4.69, 9.17) is 14.7 Å². The van der Waals surface area contributed by atoms with E-state index in [1.807, 2.05) is 37.4 Å². The van der Waals surface area contributed by atoms with E-state index in [-0.39, 0.29) is 30.4 Å². The molecule has 0 spiro atoms. The van der Waals surface area contributed by atoms with E-state index in [0.717, 1.165) is 39.0 Å². The average Bonchev–Trinajstić information content (AvgIpc) is 3.23. The Bertz CT molecular complexity index is 1780. The maximum Gasteiger partial charge on any atom is 0.309 e. The molecule has 7 heteroatoms. The second-order valence-electron chi connectivity index (χ2n) is 11.9. The average molecular weight is 536 g/mol. The lowest BCUT2D eigenvalue weighted by atomic mass is 9.85. The van der Waals surface area contributed by atoms with Crippen molar-refractivity contribution in [2.24, 2.45) is 4.99 Å². The maximum absolute atomic E-state index is 13.7. The van der Waals surface area contributed by atoms with Crippen molar-refractivity contribution in [1.82, 2.24) is 9.55 Å². The largest absolute Gasteiger partial charge is 0.460 e. The SMILES string of the molecule is CC[C@]1(O)CC(=O)OCc2c1cc1n(c2=O)Cc2c-1nc1cccc(N=Cc3ccc(C(C)(C)C)cc3)c1c2C. The minimum absolute atomic E-state index is 0.0895. The van der Waals surface area contributed by atoms with Gasteiger partial charge in [0.15, 0.2) is 0 Å². The number of esters is 1. The van der Waals surface area contributed by atoms with Crippen LogP contribution >= 0.6 is 0 Å². The zero-order valence-corrected chi connectivity index (χ0v) is 23.5. The van der Waals surface area contributed by atoms with Gasteiger partial charge < -0.3 is 14.4 Å². The van der Waals surface area contributed by atoms with E-state index in [9.17, 15) is 14.7 Å². The van der Waals surface area contributed by atoms with Gasteiger partial charge in [-0.05, 0) is 59.2 Å². The molecule has 7 nitrogen and oxygen atoms in total. The van der Waals surface area contributed by atoms with Crippen molar-refractivity contribution < 1.29 is 14.6 Å². The van der Waals surface area contributed by atoms with Crippen LogP contribution in [0.15, 0.2) is 58.3 Å². The molecule has 2 aliphatic rings. The number of nitrogens with zero attached hydrogens (tertiary/aromatic N) is 3. The second kappa shape index (κ2) is 9.24. The molecule has 0 bridgehead atoms. The Hall–Kier alpha value is -4.10. The maximum atomic E-state index is 13.7. The van der Waals surface area contributed by atoms with Crippen LogP contribution in [0.4, 0.5) is 5.69 Å². The molecule has 1 atom stereocenters. The lowest BCUT2D eigenvalue weighted by Crippen LogP contribution is -2.32. The first-order chi connectivity index (χ1) is 19.0. The molecule has 0 amide bonds. The van der Waals surface area contributed by atoms with Crippen LogP contribution in [0, 0.1) is 6.92 Å². The highest BCUT2D eigenvalue weighted by atomic mass is 16.5. The molecule has 4 aromatic rings. The first-order valence-electron chi connectivity index (χ1n) is 13.7. The highest BCUT2D eigenvalue weighted by Crippen LogP contribution is 2.41. The van der Waals surface area contributed by atoms with Gasteiger partial charge in [-0.15, -0.1) is 0 Å². The van der Waals surface area contributed by atoms with Crippen molar-refractivity contribution in [3.63, 3.8) is 0 Å². The van der Waals surface area contributed by atoms with Gasteiger partial charge >= 0.3 is 5.97 Å². The third kappa shape index (κ3) is 4.16. The van der Waals surface area contributed by atoms with Crippen molar-refractivity contribution in [1.29, 1.82) is 0 Å². The summed E-state index contributed by atoms with van der Waals surface area (Å²) < 4.78 is 6.97. The number of fused-ring (bicyclic) bond motifs is 5.